The van der Waals surface area contributed by atoms with Crippen LogP contribution in [0.15, 0.2) is 0 Å². The molecule has 2 atom stereocenters. The number of hydrogen-bond acceptors (Lipinski definition) is 3. The molecule has 0 spiro atoms. The van der Waals surface area contributed by atoms with Crippen LogP contribution in [-0.4, -0.2) is 40.3 Å². The molecule has 0 radical (unpaired) electrons. The first-order chi connectivity index (χ1) is 9.31. The summed E-state index contributed by atoms with van der Waals surface area (Å²) in [5.41, 5.74) is -1.39. The lowest BCUT2D eigenvalue weighted by Crippen LogP contribution is -2.53. The third-order valence-corrected chi connectivity index (χ3v) is 5.20. The Morgan fingerprint density at radius 2 is 1.90 bits per heavy atom. The van der Waals surface area contributed by atoms with E-state index in [1.807, 2.05) is 0 Å². The van der Waals surface area contributed by atoms with Crippen LogP contribution in [0.5, 0.6) is 0 Å². The van der Waals surface area contributed by atoms with E-state index in [9.17, 15) is 23.1 Å². The fraction of sp³-hybridized carbons (Fsp3) is 0.923. The predicted octanol–water partition coefficient (Wildman–Crippen LogP) is 2.48. The Bertz CT molecular complexity index is 356. The van der Waals surface area contributed by atoms with E-state index < -0.39 is 29.6 Å². The minimum atomic E-state index is -4.19. The van der Waals surface area contributed by atoms with E-state index in [4.69, 9.17) is 0 Å². The molecular formula is C13H20F3NO2S. The number of amides is 1. The van der Waals surface area contributed by atoms with E-state index in [1.54, 1.807) is 11.8 Å². The average molecular weight is 311 g/mol. The van der Waals surface area contributed by atoms with Crippen LogP contribution in [0.3, 0.4) is 0 Å². The average Bonchev–Trinajstić information content (AvgIpc) is 2.39. The van der Waals surface area contributed by atoms with Gasteiger partial charge in [-0.3, -0.25) is 4.79 Å². The summed E-state index contributed by atoms with van der Waals surface area (Å²) in [6.45, 7) is 0. The third-order valence-electron chi connectivity index (χ3n) is 4.21. The van der Waals surface area contributed by atoms with Gasteiger partial charge < -0.3 is 10.4 Å². The number of thioether (sulfide) groups is 1. The Hall–Kier alpha value is -0.430. The number of hydrogen-bond donors (Lipinski definition) is 2. The molecule has 0 aromatic carbocycles. The quantitative estimate of drug-likeness (QED) is 0.824. The topological polar surface area (TPSA) is 49.3 Å². The van der Waals surface area contributed by atoms with E-state index in [0.29, 0.717) is 37.2 Å². The number of alkyl halides is 3. The summed E-state index contributed by atoms with van der Waals surface area (Å²) in [4.78, 5) is 12.1. The molecule has 2 fully saturated rings. The summed E-state index contributed by atoms with van der Waals surface area (Å²) in [5, 5.41) is 12.9. The van der Waals surface area contributed by atoms with E-state index in [0.717, 1.165) is 0 Å². The molecule has 1 saturated carbocycles. The molecule has 20 heavy (non-hydrogen) atoms. The zero-order valence-corrected chi connectivity index (χ0v) is 12.0. The van der Waals surface area contributed by atoms with Crippen molar-refractivity contribution in [1.29, 1.82) is 0 Å². The van der Waals surface area contributed by atoms with Gasteiger partial charge >= 0.3 is 6.18 Å². The zero-order valence-electron chi connectivity index (χ0n) is 11.2. The maximum absolute atomic E-state index is 12.7. The van der Waals surface area contributed by atoms with Crippen LogP contribution in [0.2, 0.25) is 0 Å². The van der Waals surface area contributed by atoms with Gasteiger partial charge in [0, 0.05) is 6.04 Å². The third kappa shape index (κ3) is 3.81. The van der Waals surface area contributed by atoms with Crippen molar-refractivity contribution in [2.45, 2.75) is 56.3 Å². The zero-order chi connectivity index (χ0) is 14.8. The number of carbonyl (C=O) groups excluding carboxylic acids is 1. The minimum Gasteiger partial charge on any atom is -0.380 e. The molecule has 1 amide bonds. The van der Waals surface area contributed by atoms with Crippen molar-refractivity contribution < 1.29 is 23.1 Å². The van der Waals surface area contributed by atoms with Crippen molar-refractivity contribution >= 4 is 17.7 Å². The number of carbonyl (C=O) groups is 1. The first-order valence-corrected chi connectivity index (χ1v) is 8.14. The molecule has 2 rings (SSSR count). The highest BCUT2D eigenvalue weighted by Crippen LogP contribution is 2.38. The molecule has 0 aromatic heterocycles. The van der Waals surface area contributed by atoms with Crippen molar-refractivity contribution in [2.75, 3.05) is 11.5 Å². The smallest absolute Gasteiger partial charge is 0.380 e. The lowest BCUT2D eigenvalue weighted by Gasteiger charge is -2.35. The van der Waals surface area contributed by atoms with Crippen LogP contribution in [-0.2, 0) is 4.79 Å². The molecule has 0 bridgehead atoms. The summed E-state index contributed by atoms with van der Waals surface area (Å²) in [6.07, 6.45) is -2.36. The van der Waals surface area contributed by atoms with E-state index in [2.05, 4.69) is 5.32 Å². The Kier molecular flexibility index (Phi) is 4.89. The van der Waals surface area contributed by atoms with Gasteiger partial charge in [0.05, 0.1) is 5.92 Å². The molecule has 2 N–H and O–H groups in total. The number of aliphatic hydroxyl groups is 1. The second kappa shape index (κ2) is 6.13. The van der Waals surface area contributed by atoms with Gasteiger partial charge in [-0.05, 0) is 43.6 Å². The maximum Gasteiger partial charge on any atom is 0.391 e. The maximum atomic E-state index is 12.7. The summed E-state index contributed by atoms with van der Waals surface area (Å²) < 4.78 is 38.2. The molecule has 116 valence electrons. The van der Waals surface area contributed by atoms with Gasteiger partial charge in [-0.1, -0.05) is 6.42 Å². The molecule has 2 aliphatic rings. The normalized spacial score (nSPS) is 30.8. The van der Waals surface area contributed by atoms with Crippen molar-refractivity contribution in [3.8, 4) is 0 Å². The molecule has 1 aliphatic heterocycles. The van der Waals surface area contributed by atoms with Crippen LogP contribution in [0.4, 0.5) is 13.2 Å². The molecule has 1 heterocycles. The van der Waals surface area contributed by atoms with Gasteiger partial charge in [-0.2, -0.15) is 24.9 Å². The number of rotatable bonds is 2. The molecule has 3 nitrogen and oxygen atoms in total. The molecule has 2 unspecified atom stereocenters. The van der Waals surface area contributed by atoms with Crippen molar-refractivity contribution in [2.24, 2.45) is 5.92 Å². The monoisotopic (exact) mass is 311 g/mol. The SMILES string of the molecule is O=C(NC1CCCC(C(F)(F)F)C1)C1(O)CCSCC1. The highest BCUT2D eigenvalue weighted by atomic mass is 32.2. The van der Waals surface area contributed by atoms with Crippen molar-refractivity contribution in [3.05, 3.63) is 0 Å². The molecule has 0 aromatic rings. The van der Waals surface area contributed by atoms with Crippen LogP contribution in [0, 0.1) is 5.92 Å². The van der Waals surface area contributed by atoms with E-state index in [-0.39, 0.29) is 12.8 Å². The predicted molar refractivity (Wildman–Crippen MR) is 71.5 cm³/mol. The first-order valence-electron chi connectivity index (χ1n) is 6.99. The van der Waals surface area contributed by atoms with Gasteiger partial charge in [0.2, 0.25) is 0 Å². The Morgan fingerprint density at radius 3 is 2.50 bits per heavy atom. The van der Waals surface area contributed by atoms with Crippen LogP contribution in [0.1, 0.15) is 38.5 Å². The summed E-state index contributed by atoms with van der Waals surface area (Å²) in [7, 11) is 0. The van der Waals surface area contributed by atoms with Crippen LogP contribution < -0.4 is 5.32 Å². The van der Waals surface area contributed by atoms with Gasteiger partial charge in [0.1, 0.15) is 5.60 Å². The lowest BCUT2D eigenvalue weighted by molar-refractivity contribution is -0.184. The second-order valence-electron chi connectivity index (χ2n) is 5.72. The van der Waals surface area contributed by atoms with Crippen LogP contribution in [0.25, 0.3) is 0 Å². The van der Waals surface area contributed by atoms with Crippen molar-refractivity contribution in [3.63, 3.8) is 0 Å². The van der Waals surface area contributed by atoms with E-state index in [1.165, 1.54) is 0 Å². The highest BCUT2D eigenvalue weighted by Gasteiger charge is 2.44. The van der Waals surface area contributed by atoms with Crippen LogP contribution >= 0.6 is 11.8 Å². The number of halogens is 3. The highest BCUT2D eigenvalue weighted by molar-refractivity contribution is 7.99. The lowest BCUT2D eigenvalue weighted by atomic mass is 9.84. The van der Waals surface area contributed by atoms with E-state index >= 15 is 0 Å². The summed E-state index contributed by atoms with van der Waals surface area (Å²) in [6, 6.07) is -0.471. The van der Waals surface area contributed by atoms with Gasteiger partial charge in [-0.15, -0.1) is 0 Å². The first kappa shape index (κ1) is 15.9. The Morgan fingerprint density at radius 1 is 1.25 bits per heavy atom. The molecule has 7 heteroatoms. The molecule has 1 aliphatic carbocycles. The minimum absolute atomic E-state index is 0.0694. The largest absolute Gasteiger partial charge is 0.391 e. The standard InChI is InChI=1S/C13H20F3NO2S/c14-13(15,16)9-2-1-3-10(8-9)17-11(18)12(19)4-6-20-7-5-12/h9-10,19H,1-8H2,(H,17,18). The fourth-order valence-corrected chi connectivity index (χ4v) is 4.04. The van der Waals surface area contributed by atoms with Gasteiger partial charge in [0.25, 0.3) is 5.91 Å². The Balaban J connectivity index is 1.90. The number of nitrogens with one attached hydrogen (secondary N) is 1. The van der Waals surface area contributed by atoms with Crippen molar-refractivity contribution in [1.82, 2.24) is 5.32 Å². The molecule has 1 saturated heterocycles. The Labute approximate surface area is 120 Å². The van der Waals surface area contributed by atoms with Gasteiger partial charge in [-0.25, -0.2) is 0 Å². The molecular weight excluding hydrogens is 291 g/mol. The summed E-state index contributed by atoms with van der Waals surface area (Å²) in [5.74, 6) is -0.414. The second-order valence-corrected chi connectivity index (χ2v) is 6.94. The summed E-state index contributed by atoms with van der Waals surface area (Å²) >= 11 is 1.68. The fourth-order valence-electron chi connectivity index (χ4n) is 2.87. The van der Waals surface area contributed by atoms with Gasteiger partial charge in [0.15, 0.2) is 0 Å².